The molecule has 0 aliphatic rings. The van der Waals surface area contributed by atoms with E-state index in [1.807, 2.05) is 37.3 Å². The third-order valence-electron chi connectivity index (χ3n) is 7.44. The molecule has 0 aliphatic heterocycles. The highest BCUT2D eigenvalue weighted by atomic mass is 35.5. The number of carbonyl (C=O) groups is 1. The summed E-state index contributed by atoms with van der Waals surface area (Å²) in [6.07, 6.45) is -0.841. The van der Waals surface area contributed by atoms with Crippen molar-refractivity contribution in [2.45, 2.75) is 69.3 Å². The van der Waals surface area contributed by atoms with Crippen molar-refractivity contribution in [3.05, 3.63) is 82.6 Å². The quantitative estimate of drug-likeness (QED) is 0.171. The standard InChI is InChI=1S/C31H40ClN3O7S/c1-20-18-33-14-12-25(20)24-8-4-7-23(17-24)22(3)35(43(41,42)29-10-5-9-26(32)21(29)2)15-6-11-30(39)34-19-28(38)31(40)27(37)13-16-36/h4-5,7-10,12,14,17-18,22,27-28,31,36-38,40H,6,11,13,15-16,19H2,1-3H3,(H,34,39)/t22-,27-,28+,31+/m0/s1. The SMILES string of the molecule is Cc1cnccc1-c1cccc([C@H](C)N(CCCC(=O)NC[C@@H](O)[C@H](O)[C@@H](O)CCO)S(=O)(=O)c2cccc(Cl)c2C)c1. The third kappa shape index (κ3) is 8.82. The summed E-state index contributed by atoms with van der Waals surface area (Å²) >= 11 is 6.28. The Hall–Kier alpha value is -2.90. The van der Waals surface area contributed by atoms with Gasteiger partial charge in [-0.15, -0.1) is 0 Å². The molecular formula is C31H40ClN3O7S. The second-order valence-corrected chi connectivity index (χ2v) is 12.8. The summed E-state index contributed by atoms with van der Waals surface area (Å²) in [6.45, 7) is 4.74. The van der Waals surface area contributed by atoms with Crippen LogP contribution in [0.15, 0.2) is 65.8 Å². The first-order valence-electron chi connectivity index (χ1n) is 14.1. The smallest absolute Gasteiger partial charge is 0.243 e. The maximum absolute atomic E-state index is 14.1. The molecule has 5 N–H and O–H groups in total. The van der Waals surface area contributed by atoms with Gasteiger partial charge >= 0.3 is 0 Å². The lowest BCUT2D eigenvalue weighted by atomic mass is 9.98. The van der Waals surface area contributed by atoms with E-state index in [4.69, 9.17) is 16.7 Å². The molecule has 2 aromatic carbocycles. The van der Waals surface area contributed by atoms with Crippen LogP contribution in [-0.2, 0) is 14.8 Å². The summed E-state index contributed by atoms with van der Waals surface area (Å²) in [6, 6.07) is 13.7. The molecule has 1 aromatic heterocycles. The topological polar surface area (TPSA) is 160 Å². The number of aryl methyl sites for hydroxylation is 1. The zero-order valence-electron chi connectivity index (χ0n) is 24.5. The Morgan fingerprint density at radius 3 is 2.49 bits per heavy atom. The van der Waals surface area contributed by atoms with Crippen LogP contribution in [0.3, 0.4) is 0 Å². The summed E-state index contributed by atoms with van der Waals surface area (Å²) < 4.78 is 29.5. The van der Waals surface area contributed by atoms with Crippen LogP contribution >= 0.6 is 11.6 Å². The predicted octanol–water partition coefficient (Wildman–Crippen LogP) is 3.13. The van der Waals surface area contributed by atoms with Crippen LogP contribution in [0.4, 0.5) is 0 Å². The van der Waals surface area contributed by atoms with E-state index in [2.05, 4.69) is 10.3 Å². The van der Waals surface area contributed by atoms with Crippen LogP contribution < -0.4 is 5.32 Å². The van der Waals surface area contributed by atoms with E-state index in [1.54, 1.807) is 38.4 Å². The Balaban J connectivity index is 1.81. The summed E-state index contributed by atoms with van der Waals surface area (Å²) in [4.78, 5) is 16.8. The monoisotopic (exact) mass is 633 g/mol. The number of benzene rings is 2. The number of halogens is 1. The molecule has 0 radical (unpaired) electrons. The molecular weight excluding hydrogens is 594 g/mol. The predicted molar refractivity (Wildman–Crippen MR) is 165 cm³/mol. The molecule has 10 nitrogen and oxygen atoms in total. The van der Waals surface area contributed by atoms with Crippen molar-refractivity contribution in [3.8, 4) is 11.1 Å². The Bertz CT molecular complexity index is 1490. The lowest BCUT2D eigenvalue weighted by Crippen LogP contribution is -2.45. The van der Waals surface area contributed by atoms with Gasteiger partial charge in [0, 0.05) is 49.6 Å². The number of nitrogens with one attached hydrogen (secondary N) is 1. The lowest BCUT2D eigenvalue weighted by Gasteiger charge is -2.30. The molecule has 0 unspecified atom stereocenters. The molecule has 43 heavy (non-hydrogen) atoms. The molecule has 0 saturated carbocycles. The molecule has 0 fully saturated rings. The zero-order valence-corrected chi connectivity index (χ0v) is 26.1. The summed E-state index contributed by atoms with van der Waals surface area (Å²) in [5.41, 5.74) is 4.08. The van der Waals surface area contributed by atoms with E-state index in [1.165, 1.54) is 10.4 Å². The first-order valence-corrected chi connectivity index (χ1v) is 15.9. The fourth-order valence-electron chi connectivity index (χ4n) is 4.83. The number of rotatable bonds is 15. The van der Waals surface area contributed by atoms with Crippen molar-refractivity contribution >= 4 is 27.5 Å². The molecule has 1 amide bonds. The Kier molecular flexibility index (Phi) is 12.6. The number of aromatic nitrogens is 1. The van der Waals surface area contributed by atoms with Crippen molar-refractivity contribution in [1.29, 1.82) is 0 Å². The fourth-order valence-corrected chi connectivity index (χ4v) is 6.97. The van der Waals surface area contributed by atoms with Gasteiger partial charge in [0.15, 0.2) is 0 Å². The van der Waals surface area contributed by atoms with E-state index in [-0.39, 0.29) is 43.9 Å². The number of carbonyl (C=O) groups excluding carboxylic acids is 1. The molecule has 0 spiro atoms. The van der Waals surface area contributed by atoms with Crippen LogP contribution in [0.1, 0.15) is 48.9 Å². The van der Waals surface area contributed by atoms with E-state index in [9.17, 15) is 28.5 Å². The normalized spacial score (nSPS) is 14.7. The molecule has 3 rings (SSSR count). The van der Waals surface area contributed by atoms with E-state index in [0.717, 1.165) is 22.3 Å². The lowest BCUT2D eigenvalue weighted by molar-refractivity contribution is -0.122. The van der Waals surface area contributed by atoms with Crippen LogP contribution in [0, 0.1) is 13.8 Å². The van der Waals surface area contributed by atoms with Crippen LogP contribution in [0.5, 0.6) is 0 Å². The average Bonchev–Trinajstić information content (AvgIpc) is 2.99. The number of nitrogens with zero attached hydrogens (tertiary/aromatic N) is 2. The Morgan fingerprint density at radius 2 is 1.79 bits per heavy atom. The minimum atomic E-state index is -4.05. The van der Waals surface area contributed by atoms with Crippen LogP contribution in [-0.4, -0.2) is 82.0 Å². The van der Waals surface area contributed by atoms with Gasteiger partial charge in [0.1, 0.15) is 6.10 Å². The van der Waals surface area contributed by atoms with Gasteiger partial charge in [0.25, 0.3) is 0 Å². The molecule has 0 aliphatic carbocycles. The molecule has 0 saturated heterocycles. The Morgan fingerprint density at radius 1 is 1.07 bits per heavy atom. The van der Waals surface area contributed by atoms with E-state index in [0.29, 0.717) is 10.6 Å². The highest BCUT2D eigenvalue weighted by molar-refractivity contribution is 7.89. The summed E-state index contributed by atoms with van der Waals surface area (Å²) in [5, 5.41) is 41.5. The highest BCUT2D eigenvalue weighted by Crippen LogP contribution is 2.33. The van der Waals surface area contributed by atoms with Crippen LogP contribution in [0.25, 0.3) is 11.1 Å². The molecule has 4 atom stereocenters. The van der Waals surface area contributed by atoms with Gasteiger partial charge in [-0.1, -0.05) is 35.9 Å². The zero-order chi connectivity index (χ0) is 31.7. The van der Waals surface area contributed by atoms with Crippen molar-refractivity contribution in [1.82, 2.24) is 14.6 Å². The minimum Gasteiger partial charge on any atom is -0.396 e. The van der Waals surface area contributed by atoms with E-state index >= 15 is 0 Å². The molecule has 3 aromatic rings. The summed E-state index contributed by atoms with van der Waals surface area (Å²) in [5.74, 6) is -0.456. The molecule has 1 heterocycles. The van der Waals surface area contributed by atoms with Crippen molar-refractivity contribution < 1.29 is 33.6 Å². The number of amides is 1. The third-order valence-corrected chi connectivity index (χ3v) is 9.96. The average molecular weight is 634 g/mol. The van der Waals surface area contributed by atoms with Gasteiger partial charge in [-0.2, -0.15) is 4.31 Å². The molecule has 0 bridgehead atoms. The van der Waals surface area contributed by atoms with Crippen molar-refractivity contribution in [3.63, 3.8) is 0 Å². The summed E-state index contributed by atoms with van der Waals surface area (Å²) in [7, 11) is -4.05. The largest absolute Gasteiger partial charge is 0.396 e. The fraction of sp³-hybridized carbons (Fsp3) is 0.419. The van der Waals surface area contributed by atoms with Gasteiger partial charge < -0.3 is 25.7 Å². The van der Waals surface area contributed by atoms with Gasteiger partial charge in [-0.25, -0.2) is 8.42 Å². The minimum absolute atomic E-state index is 0.0157. The number of pyridine rings is 1. The van der Waals surface area contributed by atoms with Crippen LogP contribution in [0.2, 0.25) is 5.02 Å². The maximum atomic E-state index is 14.1. The Labute approximate surface area is 258 Å². The number of aliphatic hydroxyl groups is 4. The van der Waals surface area contributed by atoms with E-state index < -0.39 is 40.3 Å². The second kappa shape index (κ2) is 15.7. The van der Waals surface area contributed by atoms with Gasteiger partial charge in [-0.05, 0) is 85.7 Å². The molecule has 12 heteroatoms. The second-order valence-electron chi connectivity index (χ2n) is 10.5. The maximum Gasteiger partial charge on any atom is 0.243 e. The first-order chi connectivity index (χ1) is 20.4. The number of hydrogen-bond donors (Lipinski definition) is 5. The van der Waals surface area contributed by atoms with Gasteiger partial charge in [0.2, 0.25) is 15.9 Å². The number of hydrogen-bond acceptors (Lipinski definition) is 8. The molecule has 234 valence electrons. The van der Waals surface area contributed by atoms with Crippen molar-refractivity contribution in [2.75, 3.05) is 19.7 Å². The highest BCUT2D eigenvalue weighted by Gasteiger charge is 2.32. The van der Waals surface area contributed by atoms with Crippen molar-refractivity contribution in [2.24, 2.45) is 0 Å². The van der Waals surface area contributed by atoms with Gasteiger partial charge in [-0.3, -0.25) is 9.78 Å². The van der Waals surface area contributed by atoms with Gasteiger partial charge in [0.05, 0.1) is 17.1 Å². The number of aliphatic hydroxyl groups excluding tert-OH is 4. The first kappa shape index (κ1) is 34.6. The number of sulfonamides is 1.